The molecule has 2 aromatic rings. The number of hydrogen-bond acceptors (Lipinski definition) is 6. The summed E-state index contributed by atoms with van der Waals surface area (Å²) >= 11 is 0. The lowest BCUT2D eigenvalue weighted by atomic mass is 9.94. The maximum Gasteiger partial charge on any atom is 0.251 e. The summed E-state index contributed by atoms with van der Waals surface area (Å²) in [5, 5.41) is 5.29. The number of carbonyl (C=O) groups is 2. The molecule has 0 saturated heterocycles. The predicted octanol–water partition coefficient (Wildman–Crippen LogP) is 3.38. The van der Waals surface area contributed by atoms with Crippen molar-refractivity contribution in [3.8, 4) is 11.5 Å². The van der Waals surface area contributed by atoms with E-state index in [1.807, 2.05) is 0 Å². The SMILES string of the molecule is CC(=O)Nc1ccc(S(=O)(=O)N[C@@H](C)C(=O)Nc2ccc3c(c2)OC2(CCCCC2)O3)cc1. The highest BCUT2D eigenvalue weighted by atomic mass is 32.2. The van der Waals surface area contributed by atoms with E-state index in [0.29, 0.717) is 22.9 Å². The molecule has 10 heteroatoms. The number of benzene rings is 2. The van der Waals surface area contributed by atoms with E-state index in [9.17, 15) is 18.0 Å². The van der Waals surface area contributed by atoms with Gasteiger partial charge in [0.1, 0.15) is 0 Å². The van der Waals surface area contributed by atoms with Crippen molar-refractivity contribution in [2.75, 3.05) is 10.6 Å². The molecule has 0 unspecified atom stereocenters. The number of amides is 2. The molecule has 2 amide bonds. The highest BCUT2D eigenvalue weighted by Gasteiger charge is 2.42. The lowest BCUT2D eigenvalue weighted by Crippen LogP contribution is -2.41. The molecule has 2 aromatic carbocycles. The smallest absolute Gasteiger partial charge is 0.251 e. The largest absolute Gasteiger partial charge is 0.448 e. The van der Waals surface area contributed by atoms with Gasteiger partial charge in [-0.3, -0.25) is 9.59 Å². The molecule has 3 N–H and O–H groups in total. The minimum Gasteiger partial charge on any atom is -0.448 e. The van der Waals surface area contributed by atoms with Crippen LogP contribution in [-0.2, 0) is 19.6 Å². The molecule has 0 bridgehead atoms. The van der Waals surface area contributed by atoms with Gasteiger partial charge in [0.2, 0.25) is 21.8 Å². The lowest BCUT2D eigenvalue weighted by molar-refractivity contribution is -0.117. The van der Waals surface area contributed by atoms with Crippen LogP contribution >= 0.6 is 0 Å². The second-order valence-corrected chi connectivity index (χ2v) is 10.1. The highest BCUT2D eigenvalue weighted by Crippen LogP contribution is 2.46. The average Bonchev–Trinajstić information content (AvgIpc) is 3.10. The molecule has 1 saturated carbocycles. The van der Waals surface area contributed by atoms with E-state index in [-0.39, 0.29) is 10.8 Å². The first-order chi connectivity index (χ1) is 15.7. The van der Waals surface area contributed by atoms with E-state index in [2.05, 4.69) is 15.4 Å². The quantitative estimate of drug-likeness (QED) is 0.591. The van der Waals surface area contributed by atoms with Crippen LogP contribution in [0.1, 0.15) is 46.0 Å². The molecule has 1 aliphatic carbocycles. The van der Waals surface area contributed by atoms with Crippen LogP contribution in [0.5, 0.6) is 11.5 Å². The fourth-order valence-electron chi connectivity index (χ4n) is 3.99. The Morgan fingerprint density at radius 2 is 1.55 bits per heavy atom. The number of fused-ring (bicyclic) bond motifs is 1. The predicted molar refractivity (Wildman–Crippen MR) is 123 cm³/mol. The fraction of sp³-hybridized carbons (Fsp3) is 0.391. The number of carbonyl (C=O) groups excluding carboxylic acids is 2. The molecule has 33 heavy (non-hydrogen) atoms. The maximum atomic E-state index is 12.6. The van der Waals surface area contributed by atoms with Gasteiger partial charge in [0.15, 0.2) is 11.5 Å². The van der Waals surface area contributed by atoms with Crippen molar-refractivity contribution < 1.29 is 27.5 Å². The van der Waals surface area contributed by atoms with Crippen LogP contribution in [0.2, 0.25) is 0 Å². The van der Waals surface area contributed by atoms with Crippen LogP contribution in [0.3, 0.4) is 0 Å². The highest BCUT2D eigenvalue weighted by molar-refractivity contribution is 7.89. The molecular weight excluding hydrogens is 446 g/mol. The summed E-state index contributed by atoms with van der Waals surface area (Å²) in [6.45, 7) is 2.82. The minimum absolute atomic E-state index is 0.0166. The molecule has 1 atom stereocenters. The molecule has 1 aliphatic heterocycles. The van der Waals surface area contributed by atoms with E-state index in [1.165, 1.54) is 44.5 Å². The van der Waals surface area contributed by atoms with Crippen molar-refractivity contribution in [3.63, 3.8) is 0 Å². The molecule has 9 nitrogen and oxygen atoms in total. The third-order valence-corrected chi connectivity index (χ3v) is 7.19. The monoisotopic (exact) mass is 473 g/mol. The van der Waals surface area contributed by atoms with Gasteiger partial charge >= 0.3 is 0 Å². The number of sulfonamides is 1. The third-order valence-electron chi connectivity index (χ3n) is 5.63. The fourth-order valence-corrected chi connectivity index (χ4v) is 5.19. The Bertz CT molecular complexity index is 1160. The van der Waals surface area contributed by atoms with Gasteiger partial charge in [-0.05, 0) is 56.2 Å². The normalized spacial score (nSPS) is 17.4. The first-order valence-electron chi connectivity index (χ1n) is 10.9. The zero-order valence-corrected chi connectivity index (χ0v) is 19.3. The van der Waals surface area contributed by atoms with E-state index in [1.54, 1.807) is 18.2 Å². The van der Waals surface area contributed by atoms with Gasteiger partial charge in [-0.15, -0.1) is 0 Å². The molecular formula is C23H27N3O6S. The summed E-state index contributed by atoms with van der Waals surface area (Å²) in [5.74, 6) is -0.165. The Labute approximate surface area is 192 Å². The third kappa shape index (κ3) is 5.28. The summed E-state index contributed by atoms with van der Waals surface area (Å²) in [7, 11) is -3.94. The first kappa shape index (κ1) is 23.1. The van der Waals surface area contributed by atoms with Crippen LogP contribution < -0.4 is 24.8 Å². The zero-order valence-electron chi connectivity index (χ0n) is 18.5. The molecule has 4 rings (SSSR count). The van der Waals surface area contributed by atoms with Crippen molar-refractivity contribution in [2.45, 2.75) is 62.7 Å². The Morgan fingerprint density at radius 3 is 2.21 bits per heavy atom. The van der Waals surface area contributed by atoms with Crippen LogP contribution in [0.15, 0.2) is 47.4 Å². The second kappa shape index (κ2) is 9.03. The van der Waals surface area contributed by atoms with Crippen LogP contribution in [0.25, 0.3) is 0 Å². The van der Waals surface area contributed by atoms with Crippen molar-refractivity contribution in [1.29, 1.82) is 0 Å². The van der Waals surface area contributed by atoms with Crippen LogP contribution in [0, 0.1) is 0 Å². The number of anilines is 2. The Morgan fingerprint density at radius 1 is 0.909 bits per heavy atom. The number of hydrogen-bond donors (Lipinski definition) is 3. The minimum atomic E-state index is -3.94. The molecule has 0 aromatic heterocycles. The van der Waals surface area contributed by atoms with E-state index in [4.69, 9.17) is 9.47 Å². The Kier molecular flexibility index (Phi) is 6.31. The maximum absolute atomic E-state index is 12.6. The zero-order chi connectivity index (χ0) is 23.6. The van der Waals surface area contributed by atoms with Gasteiger partial charge in [-0.25, -0.2) is 8.42 Å². The van der Waals surface area contributed by atoms with E-state index >= 15 is 0 Å². The van der Waals surface area contributed by atoms with Crippen molar-refractivity contribution in [1.82, 2.24) is 4.72 Å². The van der Waals surface area contributed by atoms with Crippen LogP contribution in [0.4, 0.5) is 11.4 Å². The summed E-state index contributed by atoms with van der Waals surface area (Å²) in [6, 6.07) is 9.79. The van der Waals surface area contributed by atoms with Gasteiger partial charge in [0.05, 0.1) is 10.9 Å². The number of rotatable bonds is 6. The molecule has 1 spiro atoms. The Hall–Kier alpha value is -3.11. The summed E-state index contributed by atoms with van der Waals surface area (Å²) < 4.78 is 39.8. The van der Waals surface area contributed by atoms with Gasteiger partial charge < -0.3 is 20.1 Å². The summed E-state index contributed by atoms with van der Waals surface area (Å²) in [5.41, 5.74) is 0.964. The average molecular weight is 474 g/mol. The molecule has 176 valence electrons. The number of ether oxygens (including phenoxy) is 2. The number of nitrogens with one attached hydrogen (secondary N) is 3. The van der Waals surface area contributed by atoms with Gasteiger partial charge in [0.25, 0.3) is 5.79 Å². The Balaban J connectivity index is 1.38. The van der Waals surface area contributed by atoms with Gasteiger partial charge in [-0.1, -0.05) is 6.42 Å². The molecule has 0 radical (unpaired) electrons. The lowest BCUT2D eigenvalue weighted by Gasteiger charge is -2.31. The summed E-state index contributed by atoms with van der Waals surface area (Å²) in [4.78, 5) is 23.7. The van der Waals surface area contributed by atoms with Crippen molar-refractivity contribution >= 4 is 33.2 Å². The second-order valence-electron chi connectivity index (χ2n) is 8.37. The van der Waals surface area contributed by atoms with E-state index < -0.39 is 27.8 Å². The van der Waals surface area contributed by atoms with Crippen molar-refractivity contribution in [2.24, 2.45) is 0 Å². The van der Waals surface area contributed by atoms with Gasteiger partial charge in [0, 0.05) is 37.2 Å². The first-order valence-corrected chi connectivity index (χ1v) is 12.4. The van der Waals surface area contributed by atoms with Gasteiger partial charge in [-0.2, -0.15) is 4.72 Å². The molecule has 2 aliphatic rings. The molecule has 1 fully saturated rings. The molecule has 1 heterocycles. The van der Waals surface area contributed by atoms with Crippen LogP contribution in [-0.4, -0.2) is 32.1 Å². The van der Waals surface area contributed by atoms with E-state index in [0.717, 1.165) is 25.7 Å². The van der Waals surface area contributed by atoms with Crippen molar-refractivity contribution in [3.05, 3.63) is 42.5 Å². The summed E-state index contributed by atoms with van der Waals surface area (Å²) in [6.07, 6.45) is 4.91. The standard InChI is InChI=1S/C23H27N3O6S/c1-15(26-33(29,30)19-9-6-17(7-10-19)24-16(2)27)22(28)25-18-8-11-20-21(14-18)32-23(31-20)12-4-3-5-13-23/h6-11,14-15,26H,3-5,12-13H2,1-2H3,(H,24,27)(H,25,28)/t15-/m0/s1. The topological polar surface area (TPSA) is 123 Å².